The van der Waals surface area contributed by atoms with Crippen molar-refractivity contribution in [3.05, 3.63) is 303 Å². The first-order chi connectivity index (χ1) is 40.2. The van der Waals surface area contributed by atoms with E-state index in [2.05, 4.69) is 303 Å². The number of rotatable bonds is 5. The summed E-state index contributed by atoms with van der Waals surface area (Å²) < 4.78 is 6.59. The fraction of sp³-hybridized carbons (Fsp3) is 0. The van der Waals surface area contributed by atoms with Crippen molar-refractivity contribution in [2.75, 3.05) is 0 Å². The summed E-state index contributed by atoms with van der Waals surface area (Å²) in [6, 6.07) is 110. The van der Waals surface area contributed by atoms with Crippen molar-refractivity contribution < 1.29 is 4.42 Å². The van der Waals surface area contributed by atoms with Crippen LogP contribution in [0.4, 0.5) is 0 Å². The Morgan fingerprint density at radius 2 is 0.543 bits per heavy atom. The van der Waals surface area contributed by atoms with Gasteiger partial charge in [-0.2, -0.15) is 0 Å². The average Bonchev–Trinajstić information content (AvgIpc) is 4.13. The third kappa shape index (κ3) is 7.70. The third-order valence-electron chi connectivity index (χ3n) is 16.9. The van der Waals surface area contributed by atoms with Crippen LogP contribution in [-0.2, 0) is 0 Å². The van der Waals surface area contributed by atoms with E-state index in [-0.39, 0.29) is 0 Å². The van der Waals surface area contributed by atoms with Gasteiger partial charge in [0, 0.05) is 16.2 Å². The maximum absolute atomic E-state index is 6.59. The summed E-state index contributed by atoms with van der Waals surface area (Å²) in [6.07, 6.45) is 0. The van der Waals surface area contributed by atoms with Crippen LogP contribution in [0, 0.1) is 0 Å². The van der Waals surface area contributed by atoms with Crippen molar-refractivity contribution in [2.24, 2.45) is 0 Å². The molecule has 1 heteroatoms. The van der Waals surface area contributed by atoms with Crippen molar-refractivity contribution in [3.63, 3.8) is 0 Å². The Morgan fingerprint density at radius 1 is 0.185 bits per heavy atom. The van der Waals surface area contributed by atoms with Gasteiger partial charge in [0.2, 0.25) is 0 Å². The highest BCUT2D eigenvalue weighted by molar-refractivity contribution is 6.28. The molecule has 1 aromatic heterocycles. The van der Waals surface area contributed by atoms with E-state index >= 15 is 0 Å². The van der Waals surface area contributed by atoms with E-state index in [1.807, 2.05) is 0 Å². The first-order valence-corrected chi connectivity index (χ1v) is 28.0. The van der Waals surface area contributed by atoms with Crippen LogP contribution in [0.5, 0.6) is 0 Å². The van der Waals surface area contributed by atoms with Crippen molar-refractivity contribution >= 4 is 108 Å². The lowest BCUT2D eigenvalue weighted by molar-refractivity contribution is 0.673. The van der Waals surface area contributed by atoms with Crippen LogP contribution in [0.25, 0.3) is 164 Å². The van der Waals surface area contributed by atoms with E-state index in [4.69, 9.17) is 4.42 Å². The van der Waals surface area contributed by atoms with Crippen molar-refractivity contribution in [1.82, 2.24) is 0 Å². The van der Waals surface area contributed by atoms with Crippen molar-refractivity contribution in [2.45, 2.75) is 0 Å². The summed E-state index contributed by atoms with van der Waals surface area (Å²) in [5.41, 5.74) is 14.4. The van der Waals surface area contributed by atoms with E-state index in [9.17, 15) is 0 Å². The predicted octanol–water partition coefficient (Wildman–Crippen LogP) is 22.8. The number of benzene rings is 16. The molecule has 376 valence electrons. The Bertz CT molecular complexity index is 5230. The summed E-state index contributed by atoms with van der Waals surface area (Å²) in [5, 5.41) is 22.4. The molecule has 0 radical (unpaired) electrons. The quantitative estimate of drug-likeness (QED) is 0.157. The smallest absolute Gasteiger partial charge is 0.143 e. The number of hydrogen-bond acceptors (Lipinski definition) is 1. The molecule has 1 heterocycles. The average molecular weight is 1030 g/mol. The van der Waals surface area contributed by atoms with E-state index in [0.29, 0.717) is 0 Å². The Kier molecular flexibility index (Phi) is 11.0. The Labute approximate surface area is 468 Å². The highest BCUT2D eigenvalue weighted by Crippen LogP contribution is 2.49. The van der Waals surface area contributed by atoms with Crippen molar-refractivity contribution in [1.29, 1.82) is 0 Å². The Hall–Kier alpha value is -10.6. The van der Waals surface area contributed by atoms with E-state index in [1.54, 1.807) is 0 Å². The van der Waals surface area contributed by atoms with E-state index in [1.165, 1.54) is 142 Å². The number of hydrogen-bond donors (Lipinski definition) is 0. The van der Waals surface area contributed by atoms with Gasteiger partial charge in [-0.1, -0.05) is 279 Å². The highest BCUT2D eigenvalue weighted by Gasteiger charge is 2.22. The van der Waals surface area contributed by atoms with Gasteiger partial charge in [0.05, 0.1) is 0 Å². The molecule has 17 aromatic rings. The highest BCUT2D eigenvalue weighted by atomic mass is 16.3. The molecule has 16 aromatic carbocycles. The van der Waals surface area contributed by atoms with Crippen LogP contribution in [0.2, 0.25) is 0 Å². The third-order valence-corrected chi connectivity index (χ3v) is 16.9. The molecule has 17 rings (SSSR count). The summed E-state index contributed by atoms with van der Waals surface area (Å²) >= 11 is 0. The Balaban J connectivity index is 0.000000134. The topological polar surface area (TPSA) is 13.1 Å². The zero-order chi connectivity index (χ0) is 53.4. The summed E-state index contributed by atoms with van der Waals surface area (Å²) in [4.78, 5) is 0. The second kappa shape index (κ2) is 19.1. The first kappa shape index (κ1) is 46.5. The second-order valence-electron chi connectivity index (χ2n) is 21.4. The van der Waals surface area contributed by atoms with Gasteiger partial charge in [0.25, 0.3) is 0 Å². The Morgan fingerprint density at radius 3 is 1.11 bits per heavy atom. The first-order valence-electron chi connectivity index (χ1n) is 28.0. The van der Waals surface area contributed by atoms with Gasteiger partial charge in [-0.25, -0.2) is 0 Å². The summed E-state index contributed by atoms with van der Waals surface area (Å²) in [7, 11) is 0. The normalized spacial score (nSPS) is 11.7. The SMILES string of the molecule is c1ccc2cc(-c3c4ccccc4c(-c4cccc5oc6c7ccccc7ccc6c45)c4ccccc34)ccc2c1.c1ccc2cc(-c3ccc(-c4c5ccccc5c(-c5cccc6ccccc56)c5ccccc45)cc3)ccc2c1. The molecule has 0 spiro atoms. The van der Waals surface area contributed by atoms with Gasteiger partial charge in [0.15, 0.2) is 0 Å². The zero-order valence-electron chi connectivity index (χ0n) is 44.3. The second-order valence-corrected chi connectivity index (χ2v) is 21.4. The van der Waals surface area contributed by atoms with Gasteiger partial charge in [-0.15, -0.1) is 0 Å². The largest absolute Gasteiger partial charge is 0.455 e. The lowest BCUT2D eigenvalue weighted by Crippen LogP contribution is -1.91. The lowest BCUT2D eigenvalue weighted by Gasteiger charge is -2.19. The maximum atomic E-state index is 6.59. The molecule has 0 fully saturated rings. The van der Waals surface area contributed by atoms with Gasteiger partial charge in [-0.3, -0.25) is 0 Å². The fourth-order valence-electron chi connectivity index (χ4n) is 13.2. The van der Waals surface area contributed by atoms with Crippen LogP contribution in [0.1, 0.15) is 0 Å². The van der Waals surface area contributed by atoms with Crippen LogP contribution in [-0.4, -0.2) is 0 Å². The molecule has 0 unspecified atom stereocenters. The van der Waals surface area contributed by atoms with Crippen molar-refractivity contribution in [3.8, 4) is 55.6 Å². The van der Waals surface area contributed by atoms with Crippen LogP contribution in [0.15, 0.2) is 308 Å². The molecule has 0 atom stereocenters. The van der Waals surface area contributed by atoms with E-state index in [0.717, 1.165) is 21.9 Å². The van der Waals surface area contributed by atoms with Gasteiger partial charge in [-0.05, 0) is 161 Å². The molecule has 0 aliphatic carbocycles. The number of fused-ring (bicyclic) bond motifs is 12. The van der Waals surface area contributed by atoms with Crippen LogP contribution in [0.3, 0.4) is 0 Å². The van der Waals surface area contributed by atoms with Crippen LogP contribution < -0.4 is 0 Å². The molecule has 0 saturated heterocycles. The minimum atomic E-state index is 0.917. The standard InChI is InChI=1S/C40H24O.C40H26/c1-2-12-27-24-28(21-20-25(27)10-1)37-30-14-5-7-16-32(30)38(33-17-8-6-15-31(33)37)34-18-9-19-36-39(34)35-23-22-26-11-3-4-13-29(26)40(35)41-36;1-2-12-31-26-32(25-22-27(31)10-1)28-20-23-30(24-21-28)39-35-15-5-7-17-37(35)40(38-18-8-6-16-36(38)39)34-19-9-13-29-11-3-4-14-33(29)34/h1-24H;1-26H. The molecule has 0 amide bonds. The summed E-state index contributed by atoms with van der Waals surface area (Å²) in [5.74, 6) is 0. The lowest BCUT2D eigenvalue weighted by atomic mass is 9.84. The fourth-order valence-corrected chi connectivity index (χ4v) is 13.2. The molecular weight excluding hydrogens is 977 g/mol. The van der Waals surface area contributed by atoms with Gasteiger partial charge in [0.1, 0.15) is 11.2 Å². The number of furan rings is 1. The van der Waals surface area contributed by atoms with Gasteiger partial charge >= 0.3 is 0 Å². The predicted molar refractivity (Wildman–Crippen MR) is 347 cm³/mol. The molecule has 0 aliphatic rings. The minimum absolute atomic E-state index is 0.917. The molecule has 1 nitrogen and oxygen atoms in total. The molecule has 0 aliphatic heterocycles. The summed E-state index contributed by atoms with van der Waals surface area (Å²) in [6.45, 7) is 0. The monoisotopic (exact) mass is 1030 g/mol. The molecule has 0 bridgehead atoms. The maximum Gasteiger partial charge on any atom is 0.143 e. The van der Waals surface area contributed by atoms with E-state index < -0.39 is 0 Å². The van der Waals surface area contributed by atoms with Crippen LogP contribution >= 0.6 is 0 Å². The minimum Gasteiger partial charge on any atom is -0.455 e. The molecule has 81 heavy (non-hydrogen) atoms. The molecular formula is C80H50O. The zero-order valence-corrected chi connectivity index (χ0v) is 44.3. The molecule has 0 saturated carbocycles. The van der Waals surface area contributed by atoms with Gasteiger partial charge < -0.3 is 4.42 Å². The molecule has 0 N–H and O–H groups in total.